The quantitative estimate of drug-likeness (QED) is 0.657. The van der Waals surface area contributed by atoms with Crippen molar-refractivity contribution in [3.63, 3.8) is 0 Å². The van der Waals surface area contributed by atoms with E-state index in [0.717, 1.165) is 0 Å². The van der Waals surface area contributed by atoms with Gasteiger partial charge >= 0.3 is 0 Å². The number of hydrogen-bond acceptors (Lipinski definition) is 2. The predicted octanol–water partition coefficient (Wildman–Crippen LogP) is 3.30. The van der Waals surface area contributed by atoms with Gasteiger partial charge < -0.3 is 4.55 Å². The lowest BCUT2D eigenvalue weighted by atomic mass is 10.0. The average Bonchev–Trinajstić information content (AvgIpc) is 2.34. The van der Waals surface area contributed by atoms with Crippen LogP contribution < -0.4 is 4.72 Å². The first-order valence-electron chi connectivity index (χ1n) is 5.86. The second-order valence-electron chi connectivity index (χ2n) is 5.07. The Balaban J connectivity index is 2.76. The number of halogens is 1. The summed E-state index contributed by atoms with van der Waals surface area (Å²) in [7, 11) is 0. The number of alkyl halides is 1. The zero-order valence-corrected chi connectivity index (χ0v) is 11.8. The van der Waals surface area contributed by atoms with Gasteiger partial charge in [-0.15, -0.1) is 11.3 Å². The minimum absolute atomic E-state index is 0.433. The Morgan fingerprint density at radius 2 is 1.89 bits per heavy atom. The number of nitrogens with one attached hydrogen (secondary N) is 1. The van der Waals surface area contributed by atoms with Crippen molar-refractivity contribution in [1.82, 2.24) is 4.72 Å². The summed E-state index contributed by atoms with van der Waals surface area (Å²) >= 11 is -1.32. The number of rotatable bonds is 5. The standard InChI is InChI=1S/C14H20FNOS/c1-5-12(16-18(17)14(2,3)4)13(15)11-9-7-6-8-10-11/h5-10,12-13,16H,1H2,2-4H3. The van der Waals surface area contributed by atoms with E-state index in [4.69, 9.17) is 0 Å². The summed E-state index contributed by atoms with van der Waals surface area (Å²) in [6, 6.07) is 8.16. The largest absolute Gasteiger partial charge is 0.598 e. The fourth-order valence-electron chi connectivity index (χ4n) is 1.37. The van der Waals surface area contributed by atoms with Gasteiger partial charge in [-0.1, -0.05) is 36.4 Å². The molecule has 0 bridgehead atoms. The van der Waals surface area contributed by atoms with Crippen molar-refractivity contribution in [2.75, 3.05) is 0 Å². The Bertz CT molecular complexity index is 377. The van der Waals surface area contributed by atoms with Crippen LogP contribution in [0, 0.1) is 0 Å². The predicted molar refractivity (Wildman–Crippen MR) is 75.3 cm³/mol. The third-order valence-electron chi connectivity index (χ3n) is 2.49. The van der Waals surface area contributed by atoms with E-state index >= 15 is 0 Å². The van der Waals surface area contributed by atoms with Crippen LogP contribution in [0.1, 0.15) is 32.5 Å². The summed E-state index contributed by atoms with van der Waals surface area (Å²) in [5.41, 5.74) is 0.556. The molecular weight excluding hydrogens is 249 g/mol. The molecule has 0 spiro atoms. The second-order valence-corrected chi connectivity index (χ2v) is 7.07. The van der Waals surface area contributed by atoms with Gasteiger partial charge in [-0.25, -0.2) is 4.39 Å². The first-order chi connectivity index (χ1) is 8.36. The molecule has 3 atom stereocenters. The summed E-state index contributed by atoms with van der Waals surface area (Å²) in [5, 5.41) is 0. The molecule has 4 heteroatoms. The van der Waals surface area contributed by atoms with Crippen molar-refractivity contribution in [2.24, 2.45) is 0 Å². The summed E-state index contributed by atoms with van der Waals surface area (Å²) in [5.74, 6) is 0. The van der Waals surface area contributed by atoms with Crippen molar-refractivity contribution in [2.45, 2.75) is 37.7 Å². The summed E-state index contributed by atoms with van der Waals surface area (Å²) < 4.78 is 28.6. The molecule has 100 valence electrons. The minimum atomic E-state index is -1.32. The van der Waals surface area contributed by atoms with Crippen LogP contribution in [0.3, 0.4) is 0 Å². The van der Waals surface area contributed by atoms with E-state index in [2.05, 4.69) is 11.3 Å². The summed E-state index contributed by atoms with van der Waals surface area (Å²) in [6.07, 6.45) is 0.205. The molecule has 1 aromatic carbocycles. The van der Waals surface area contributed by atoms with Crippen molar-refractivity contribution in [3.05, 3.63) is 48.6 Å². The van der Waals surface area contributed by atoms with Gasteiger partial charge in [0.05, 0.1) is 0 Å². The van der Waals surface area contributed by atoms with E-state index < -0.39 is 28.3 Å². The lowest BCUT2D eigenvalue weighted by Gasteiger charge is -2.28. The molecule has 0 saturated carbocycles. The van der Waals surface area contributed by atoms with Crippen molar-refractivity contribution < 1.29 is 8.94 Å². The summed E-state index contributed by atoms with van der Waals surface area (Å²) in [4.78, 5) is 0. The van der Waals surface area contributed by atoms with Crippen LogP contribution in [-0.4, -0.2) is 15.3 Å². The molecule has 0 aliphatic carbocycles. The van der Waals surface area contributed by atoms with Gasteiger partial charge in [0.2, 0.25) is 0 Å². The smallest absolute Gasteiger partial charge is 0.148 e. The van der Waals surface area contributed by atoms with Gasteiger partial charge in [-0.05, 0) is 26.3 Å². The maximum absolute atomic E-state index is 14.3. The molecule has 0 aliphatic rings. The molecule has 2 nitrogen and oxygen atoms in total. The van der Waals surface area contributed by atoms with Gasteiger partial charge in [-0.2, -0.15) is 0 Å². The fraction of sp³-hybridized carbons (Fsp3) is 0.429. The Morgan fingerprint density at radius 3 is 2.33 bits per heavy atom. The lowest BCUT2D eigenvalue weighted by Crippen LogP contribution is -2.45. The second kappa shape index (κ2) is 6.36. The first-order valence-corrected chi connectivity index (χ1v) is 7.01. The maximum atomic E-state index is 14.3. The maximum Gasteiger partial charge on any atom is 0.148 e. The lowest BCUT2D eigenvalue weighted by molar-refractivity contribution is 0.303. The highest BCUT2D eigenvalue weighted by Gasteiger charge is 2.31. The average molecular weight is 269 g/mol. The third-order valence-corrected chi connectivity index (χ3v) is 4.09. The Hall–Kier alpha value is -0.840. The topological polar surface area (TPSA) is 35.1 Å². The van der Waals surface area contributed by atoms with E-state index in [0.29, 0.717) is 5.56 Å². The highest BCUT2D eigenvalue weighted by molar-refractivity contribution is 7.90. The SMILES string of the molecule is C=CC(N[S+]([O-])C(C)(C)C)C(F)c1ccccc1. The van der Waals surface area contributed by atoms with Gasteiger partial charge in [0.15, 0.2) is 0 Å². The molecule has 3 unspecified atom stereocenters. The normalized spacial score (nSPS) is 16.9. The highest BCUT2D eigenvalue weighted by atomic mass is 32.2. The van der Waals surface area contributed by atoms with Gasteiger partial charge in [-0.3, -0.25) is 0 Å². The zero-order valence-electron chi connectivity index (χ0n) is 11.0. The monoisotopic (exact) mass is 269 g/mol. The molecule has 0 aromatic heterocycles. The number of hydrogen-bond donors (Lipinski definition) is 1. The Kier molecular flexibility index (Phi) is 5.38. The van der Waals surface area contributed by atoms with E-state index in [1.807, 2.05) is 26.8 Å². The Labute approximate surface area is 112 Å². The van der Waals surface area contributed by atoms with Crippen molar-refractivity contribution >= 4 is 11.4 Å². The van der Waals surface area contributed by atoms with Crippen LogP contribution in [0.4, 0.5) is 4.39 Å². The van der Waals surface area contributed by atoms with Gasteiger partial charge in [0, 0.05) is 11.4 Å². The molecule has 0 fully saturated rings. The molecule has 0 amide bonds. The van der Waals surface area contributed by atoms with E-state index in [-0.39, 0.29) is 0 Å². The molecule has 0 saturated heterocycles. The Morgan fingerprint density at radius 1 is 1.33 bits per heavy atom. The zero-order chi connectivity index (χ0) is 13.8. The van der Waals surface area contributed by atoms with Crippen LogP contribution in [-0.2, 0) is 11.4 Å². The van der Waals surface area contributed by atoms with E-state index in [9.17, 15) is 8.94 Å². The fourth-order valence-corrected chi connectivity index (χ4v) is 2.19. The van der Waals surface area contributed by atoms with E-state index in [1.54, 1.807) is 24.3 Å². The van der Waals surface area contributed by atoms with Crippen molar-refractivity contribution in [3.8, 4) is 0 Å². The molecule has 0 aliphatic heterocycles. The van der Waals surface area contributed by atoms with Crippen LogP contribution in [0.25, 0.3) is 0 Å². The van der Waals surface area contributed by atoms with Crippen LogP contribution in [0.15, 0.2) is 43.0 Å². The molecule has 1 rings (SSSR count). The van der Waals surface area contributed by atoms with Gasteiger partial charge in [0.1, 0.15) is 17.0 Å². The molecule has 1 aromatic rings. The van der Waals surface area contributed by atoms with E-state index in [1.165, 1.54) is 6.08 Å². The van der Waals surface area contributed by atoms with Crippen LogP contribution in [0.5, 0.6) is 0 Å². The molecule has 0 radical (unpaired) electrons. The van der Waals surface area contributed by atoms with Gasteiger partial charge in [0.25, 0.3) is 0 Å². The summed E-state index contributed by atoms with van der Waals surface area (Å²) in [6.45, 7) is 9.12. The van der Waals surface area contributed by atoms with Crippen molar-refractivity contribution in [1.29, 1.82) is 0 Å². The molecule has 18 heavy (non-hydrogen) atoms. The first kappa shape index (κ1) is 15.2. The van der Waals surface area contributed by atoms with Crippen LogP contribution in [0.2, 0.25) is 0 Å². The molecule has 1 N–H and O–H groups in total. The van der Waals surface area contributed by atoms with Crippen LogP contribution >= 0.6 is 0 Å². The third kappa shape index (κ3) is 4.12. The minimum Gasteiger partial charge on any atom is -0.598 e. The number of benzene rings is 1. The molecule has 0 heterocycles. The molecular formula is C14H20FNOS. The highest BCUT2D eigenvalue weighted by Crippen LogP contribution is 2.24.